The van der Waals surface area contributed by atoms with Crippen LogP contribution in [0.5, 0.6) is 0 Å². The molecule has 4 nitrogen and oxygen atoms in total. The van der Waals surface area contributed by atoms with Crippen LogP contribution in [0.3, 0.4) is 0 Å². The van der Waals surface area contributed by atoms with Crippen molar-refractivity contribution in [2.24, 2.45) is 5.92 Å². The molecule has 0 radical (unpaired) electrons. The van der Waals surface area contributed by atoms with E-state index in [2.05, 4.69) is 75.4 Å². The molecule has 0 bridgehead atoms. The van der Waals surface area contributed by atoms with Crippen molar-refractivity contribution in [2.45, 2.75) is 38.7 Å². The second-order valence-corrected chi connectivity index (χ2v) is 14.3. The molecule has 0 spiro atoms. The molecule has 34 heavy (non-hydrogen) atoms. The lowest BCUT2D eigenvalue weighted by Gasteiger charge is -2.44. The molecular weight excluding hydrogens is 436 g/mol. The van der Waals surface area contributed by atoms with Gasteiger partial charge in [-0.3, -0.25) is 4.79 Å². The molecule has 0 aromatic heterocycles. The molecule has 3 aromatic rings. The Hall–Kier alpha value is -3.20. The largest absolute Gasteiger partial charge is 0.407 e. The minimum atomic E-state index is -2.69. The third-order valence-corrected chi connectivity index (χ3v) is 11.8. The minimum absolute atomic E-state index is 0.0827. The van der Waals surface area contributed by atoms with Crippen molar-refractivity contribution in [3.05, 3.63) is 90.5 Å². The molecule has 174 valence electrons. The van der Waals surface area contributed by atoms with Gasteiger partial charge in [-0.15, -0.1) is 0 Å². The normalized spacial score (nSPS) is 16.8. The third-order valence-electron chi connectivity index (χ3n) is 6.75. The van der Waals surface area contributed by atoms with E-state index in [0.717, 1.165) is 18.5 Å². The molecule has 0 aliphatic carbocycles. The maximum absolute atomic E-state index is 13.5. The fraction of sp³-hybridized carbons (Fsp3) is 0.310. The van der Waals surface area contributed by atoms with Gasteiger partial charge in [-0.05, 0) is 46.5 Å². The summed E-state index contributed by atoms with van der Waals surface area (Å²) < 4.78 is 7.04. The van der Waals surface area contributed by atoms with Crippen LogP contribution in [0.4, 0.5) is 5.69 Å². The Morgan fingerprint density at radius 3 is 2.15 bits per heavy atom. The second kappa shape index (κ2) is 9.96. The molecule has 1 heterocycles. The van der Waals surface area contributed by atoms with Crippen molar-refractivity contribution in [3.8, 4) is 6.07 Å². The summed E-state index contributed by atoms with van der Waals surface area (Å²) in [7, 11) is -2.69. The van der Waals surface area contributed by atoms with Crippen LogP contribution in [-0.4, -0.2) is 27.4 Å². The number of hydrogen-bond donors (Lipinski definition) is 0. The highest BCUT2D eigenvalue weighted by Crippen LogP contribution is 2.37. The van der Waals surface area contributed by atoms with Crippen LogP contribution in [0.25, 0.3) is 0 Å². The maximum Gasteiger partial charge on any atom is 0.261 e. The molecule has 1 fully saturated rings. The topological polar surface area (TPSA) is 53.3 Å². The summed E-state index contributed by atoms with van der Waals surface area (Å²) in [6.07, 6.45) is 1.72. The number of rotatable bonds is 6. The zero-order valence-corrected chi connectivity index (χ0v) is 21.2. The van der Waals surface area contributed by atoms with E-state index in [4.69, 9.17) is 4.43 Å². The Kier molecular flexibility index (Phi) is 7.02. The SMILES string of the molecule is CC(C)(C)[Si](OCC1CCCN(c2cccc(C#N)c2)C1=O)(c1ccccc1)c1ccccc1. The van der Waals surface area contributed by atoms with Crippen molar-refractivity contribution in [2.75, 3.05) is 18.1 Å². The summed E-state index contributed by atoms with van der Waals surface area (Å²) in [4.78, 5) is 15.4. The van der Waals surface area contributed by atoms with E-state index in [1.807, 2.05) is 29.2 Å². The first-order valence-electron chi connectivity index (χ1n) is 11.9. The predicted octanol–water partition coefficient (Wildman–Crippen LogP) is 4.88. The molecule has 1 aliphatic rings. The lowest BCUT2D eigenvalue weighted by molar-refractivity contribution is -0.124. The summed E-state index contributed by atoms with van der Waals surface area (Å²) >= 11 is 0. The van der Waals surface area contributed by atoms with Gasteiger partial charge in [0.15, 0.2) is 0 Å². The van der Waals surface area contributed by atoms with Crippen molar-refractivity contribution in [1.29, 1.82) is 5.26 Å². The molecule has 0 saturated carbocycles. The molecule has 1 amide bonds. The highest BCUT2D eigenvalue weighted by Gasteiger charge is 2.50. The van der Waals surface area contributed by atoms with Gasteiger partial charge in [0.25, 0.3) is 8.32 Å². The van der Waals surface area contributed by atoms with Crippen molar-refractivity contribution in [1.82, 2.24) is 0 Å². The maximum atomic E-state index is 13.5. The number of nitriles is 1. The standard InChI is InChI=1S/C29H32N2O2Si/c1-29(2,3)34(26-15-6-4-7-16-26,27-17-8-5-9-18-27)33-22-24-13-11-19-31(28(24)32)25-14-10-12-23(20-25)21-30/h4-10,12,14-18,20,24H,11,13,19,22H2,1-3H3. The molecule has 0 N–H and O–H groups in total. The lowest BCUT2D eigenvalue weighted by Crippen LogP contribution is -2.67. The number of nitrogens with zero attached hydrogens (tertiary/aromatic N) is 2. The summed E-state index contributed by atoms with van der Waals surface area (Å²) in [5, 5.41) is 11.6. The number of amides is 1. The van der Waals surface area contributed by atoms with Gasteiger partial charge in [-0.25, -0.2) is 0 Å². The van der Waals surface area contributed by atoms with Gasteiger partial charge in [0, 0.05) is 18.8 Å². The smallest absolute Gasteiger partial charge is 0.261 e. The van der Waals surface area contributed by atoms with Crippen LogP contribution in [0.1, 0.15) is 39.2 Å². The van der Waals surface area contributed by atoms with Gasteiger partial charge in [0.2, 0.25) is 5.91 Å². The van der Waals surface area contributed by atoms with Crippen LogP contribution < -0.4 is 15.3 Å². The Morgan fingerprint density at radius 2 is 1.59 bits per heavy atom. The van der Waals surface area contributed by atoms with Gasteiger partial charge in [0.05, 0.1) is 17.6 Å². The number of anilines is 1. The molecule has 1 saturated heterocycles. The van der Waals surface area contributed by atoms with Crippen molar-refractivity contribution in [3.63, 3.8) is 0 Å². The average molecular weight is 469 g/mol. The van der Waals surface area contributed by atoms with E-state index in [9.17, 15) is 10.1 Å². The lowest BCUT2D eigenvalue weighted by atomic mass is 9.97. The highest BCUT2D eigenvalue weighted by atomic mass is 28.4. The van der Waals surface area contributed by atoms with E-state index in [1.165, 1.54) is 10.4 Å². The molecule has 4 rings (SSSR count). The first kappa shape index (κ1) is 23.9. The summed E-state index contributed by atoms with van der Waals surface area (Å²) in [6, 6.07) is 30.5. The van der Waals surface area contributed by atoms with Crippen LogP contribution in [0.2, 0.25) is 5.04 Å². The fourth-order valence-electron chi connectivity index (χ4n) is 5.09. The molecule has 1 unspecified atom stereocenters. The van der Waals surface area contributed by atoms with Gasteiger partial charge >= 0.3 is 0 Å². The molecular formula is C29H32N2O2Si. The molecule has 1 aliphatic heterocycles. The Bertz CT molecular complexity index is 1130. The molecule has 3 aromatic carbocycles. The van der Waals surface area contributed by atoms with E-state index in [0.29, 0.717) is 18.7 Å². The molecule has 5 heteroatoms. The van der Waals surface area contributed by atoms with Crippen LogP contribution in [0, 0.1) is 17.2 Å². The summed E-state index contributed by atoms with van der Waals surface area (Å²) in [5.41, 5.74) is 1.36. The van der Waals surface area contributed by atoms with E-state index >= 15 is 0 Å². The first-order valence-corrected chi connectivity index (χ1v) is 13.8. The van der Waals surface area contributed by atoms with Crippen molar-refractivity contribution < 1.29 is 9.22 Å². The number of carbonyl (C=O) groups is 1. The Labute approximate surface area is 203 Å². The van der Waals surface area contributed by atoms with E-state index in [1.54, 1.807) is 12.1 Å². The number of piperidine rings is 1. The number of hydrogen-bond acceptors (Lipinski definition) is 3. The van der Waals surface area contributed by atoms with Crippen molar-refractivity contribution >= 4 is 30.3 Å². The number of carbonyl (C=O) groups excluding carboxylic acids is 1. The fourth-order valence-corrected chi connectivity index (χ4v) is 9.70. The Balaban J connectivity index is 1.66. The Morgan fingerprint density at radius 1 is 0.971 bits per heavy atom. The third kappa shape index (κ3) is 4.57. The van der Waals surface area contributed by atoms with E-state index in [-0.39, 0.29) is 16.9 Å². The van der Waals surface area contributed by atoms with Crippen LogP contribution in [-0.2, 0) is 9.22 Å². The molecule has 1 atom stereocenters. The number of benzene rings is 3. The first-order chi connectivity index (χ1) is 16.4. The monoisotopic (exact) mass is 468 g/mol. The van der Waals surface area contributed by atoms with Gasteiger partial charge in [-0.1, -0.05) is 87.5 Å². The zero-order valence-electron chi connectivity index (χ0n) is 20.2. The van der Waals surface area contributed by atoms with Gasteiger partial charge < -0.3 is 9.33 Å². The van der Waals surface area contributed by atoms with E-state index < -0.39 is 8.32 Å². The van der Waals surface area contributed by atoms with Crippen LogP contribution >= 0.6 is 0 Å². The average Bonchev–Trinajstić information content (AvgIpc) is 2.86. The minimum Gasteiger partial charge on any atom is -0.407 e. The van der Waals surface area contributed by atoms with Gasteiger partial charge in [0.1, 0.15) is 0 Å². The summed E-state index contributed by atoms with van der Waals surface area (Å²) in [6.45, 7) is 7.81. The zero-order chi connectivity index (χ0) is 24.2. The predicted molar refractivity (Wildman–Crippen MR) is 140 cm³/mol. The van der Waals surface area contributed by atoms with Gasteiger partial charge in [-0.2, -0.15) is 5.26 Å². The van der Waals surface area contributed by atoms with Crippen LogP contribution in [0.15, 0.2) is 84.9 Å². The quantitative estimate of drug-likeness (QED) is 0.485. The highest BCUT2D eigenvalue weighted by molar-refractivity contribution is 6.99. The second-order valence-electron chi connectivity index (χ2n) is 9.97. The summed E-state index contributed by atoms with van der Waals surface area (Å²) in [5.74, 6) is -0.125.